The third kappa shape index (κ3) is 5.48. The Kier molecular flexibility index (Phi) is 7.29. The van der Waals surface area contributed by atoms with Gasteiger partial charge in [-0.25, -0.2) is 9.98 Å². The normalized spacial score (nSPS) is 19.9. The summed E-state index contributed by atoms with van der Waals surface area (Å²) in [6.07, 6.45) is 7.09. The van der Waals surface area contributed by atoms with E-state index in [-0.39, 0.29) is 12.1 Å². The minimum absolute atomic E-state index is 0.00931. The summed E-state index contributed by atoms with van der Waals surface area (Å²) in [7, 11) is -3.92. The molecule has 1 aromatic heterocycles. The average molecular weight is 431 g/mol. The van der Waals surface area contributed by atoms with Crippen LogP contribution < -0.4 is 0 Å². The lowest BCUT2D eigenvalue weighted by Gasteiger charge is -2.29. The lowest BCUT2D eigenvalue weighted by Crippen LogP contribution is -2.16. The standard InChI is InChI=1S/C22H30N3O4P/c1-4-23-22-21(16(3)29-5-2)24-15-25(22)20-12-10-19(11-13-20)18-8-6-17(7-9-18)14-30(26,27)28/h4,10-13,15,17-18H,3,5-9,14H2,1-2H3,(H2,26,27,28). The third-order valence-corrected chi connectivity index (χ3v) is 6.55. The highest BCUT2D eigenvalue weighted by Crippen LogP contribution is 2.44. The van der Waals surface area contributed by atoms with E-state index in [4.69, 9.17) is 4.74 Å². The Morgan fingerprint density at radius 2 is 1.97 bits per heavy atom. The van der Waals surface area contributed by atoms with Gasteiger partial charge in [0.05, 0.1) is 12.8 Å². The van der Waals surface area contributed by atoms with Crippen LogP contribution in [0.4, 0.5) is 5.82 Å². The molecule has 2 N–H and O–H groups in total. The maximum absolute atomic E-state index is 11.2. The van der Waals surface area contributed by atoms with Gasteiger partial charge in [-0.2, -0.15) is 0 Å². The van der Waals surface area contributed by atoms with Gasteiger partial charge in [0.25, 0.3) is 0 Å². The van der Waals surface area contributed by atoms with Gasteiger partial charge in [0.1, 0.15) is 17.8 Å². The maximum Gasteiger partial charge on any atom is 0.325 e. The first kappa shape index (κ1) is 22.5. The second-order valence-corrected chi connectivity index (χ2v) is 9.38. The van der Waals surface area contributed by atoms with E-state index in [1.807, 2.05) is 18.4 Å². The molecule has 30 heavy (non-hydrogen) atoms. The average Bonchev–Trinajstić information content (AvgIpc) is 3.12. The van der Waals surface area contributed by atoms with E-state index < -0.39 is 7.60 Å². The molecule has 0 radical (unpaired) electrons. The molecule has 0 unspecified atom stereocenters. The smallest absolute Gasteiger partial charge is 0.325 e. The lowest BCUT2D eigenvalue weighted by molar-refractivity contribution is 0.298. The zero-order valence-electron chi connectivity index (χ0n) is 17.6. The van der Waals surface area contributed by atoms with Gasteiger partial charge in [0, 0.05) is 11.9 Å². The van der Waals surface area contributed by atoms with E-state index in [1.165, 1.54) is 5.56 Å². The van der Waals surface area contributed by atoms with Crippen LogP contribution in [-0.4, -0.2) is 38.3 Å². The molecule has 2 aromatic rings. The van der Waals surface area contributed by atoms with Crippen LogP contribution >= 0.6 is 7.60 Å². The number of hydrogen-bond acceptors (Lipinski definition) is 4. The fourth-order valence-corrected chi connectivity index (χ4v) is 5.18. The van der Waals surface area contributed by atoms with Gasteiger partial charge in [0.15, 0.2) is 5.82 Å². The Hall–Kier alpha value is -2.21. The molecule has 0 amide bonds. The van der Waals surface area contributed by atoms with Gasteiger partial charge in [-0.15, -0.1) is 0 Å². The number of rotatable bonds is 8. The Morgan fingerprint density at radius 1 is 1.30 bits per heavy atom. The van der Waals surface area contributed by atoms with Gasteiger partial charge in [-0.05, 0) is 69.1 Å². The van der Waals surface area contributed by atoms with Crippen LogP contribution in [0.25, 0.3) is 11.4 Å². The quantitative estimate of drug-likeness (QED) is 0.346. The molecule has 1 aliphatic rings. The topological polar surface area (TPSA) is 96.9 Å². The fourth-order valence-electron chi connectivity index (χ4n) is 4.14. The van der Waals surface area contributed by atoms with Crippen LogP contribution in [0.5, 0.6) is 0 Å². The first-order valence-electron chi connectivity index (χ1n) is 10.3. The molecule has 1 aromatic carbocycles. The van der Waals surface area contributed by atoms with Gasteiger partial charge >= 0.3 is 7.60 Å². The molecule has 8 heteroatoms. The molecule has 0 atom stereocenters. The largest absolute Gasteiger partial charge is 0.492 e. The fraction of sp³-hybridized carbons (Fsp3) is 0.455. The number of hydrogen-bond donors (Lipinski definition) is 2. The van der Waals surface area contributed by atoms with Gasteiger partial charge < -0.3 is 14.5 Å². The van der Waals surface area contributed by atoms with Crippen LogP contribution in [0, 0.1) is 5.92 Å². The van der Waals surface area contributed by atoms with Crippen LogP contribution in [0.1, 0.15) is 56.7 Å². The number of imidazole rings is 1. The van der Waals surface area contributed by atoms with E-state index in [1.54, 1.807) is 12.5 Å². The summed E-state index contributed by atoms with van der Waals surface area (Å²) < 4.78 is 18.7. The molecule has 1 fully saturated rings. The summed E-state index contributed by atoms with van der Waals surface area (Å²) in [6, 6.07) is 8.36. The summed E-state index contributed by atoms with van der Waals surface area (Å²) in [4.78, 5) is 27.3. The summed E-state index contributed by atoms with van der Waals surface area (Å²) in [6.45, 7) is 8.23. The van der Waals surface area contributed by atoms with Crippen molar-refractivity contribution in [2.75, 3.05) is 12.8 Å². The highest BCUT2D eigenvalue weighted by Gasteiger charge is 2.27. The molecule has 1 heterocycles. The van der Waals surface area contributed by atoms with Crippen molar-refractivity contribution in [3.63, 3.8) is 0 Å². The van der Waals surface area contributed by atoms with Gasteiger partial charge in [-0.1, -0.05) is 18.7 Å². The second-order valence-electron chi connectivity index (χ2n) is 7.69. The monoisotopic (exact) mass is 431 g/mol. The van der Waals surface area contributed by atoms with E-state index in [0.29, 0.717) is 29.8 Å². The molecule has 1 saturated carbocycles. The molecule has 1 aliphatic carbocycles. The van der Waals surface area contributed by atoms with Crippen LogP contribution in [-0.2, 0) is 9.30 Å². The van der Waals surface area contributed by atoms with E-state index >= 15 is 0 Å². The van der Waals surface area contributed by atoms with Crippen molar-refractivity contribution < 1.29 is 19.1 Å². The predicted molar refractivity (Wildman–Crippen MR) is 120 cm³/mol. The highest BCUT2D eigenvalue weighted by atomic mass is 31.2. The molecule has 162 valence electrons. The van der Waals surface area contributed by atoms with Gasteiger partial charge in [-0.3, -0.25) is 9.13 Å². The number of aromatic nitrogens is 2. The molecular weight excluding hydrogens is 401 g/mol. The lowest BCUT2D eigenvalue weighted by atomic mass is 9.79. The van der Waals surface area contributed by atoms with Crippen molar-refractivity contribution in [2.45, 2.75) is 45.4 Å². The Morgan fingerprint density at radius 3 is 2.53 bits per heavy atom. The molecule has 0 saturated heterocycles. The predicted octanol–water partition coefficient (Wildman–Crippen LogP) is 5.05. The van der Waals surface area contributed by atoms with Gasteiger partial charge in [0.2, 0.25) is 0 Å². The molecule has 0 spiro atoms. The highest BCUT2D eigenvalue weighted by molar-refractivity contribution is 7.51. The number of benzene rings is 1. The summed E-state index contributed by atoms with van der Waals surface area (Å²) in [5, 5.41) is 0. The molecule has 0 aliphatic heterocycles. The zero-order chi connectivity index (χ0) is 21.7. The van der Waals surface area contributed by atoms with Crippen molar-refractivity contribution in [1.82, 2.24) is 9.55 Å². The summed E-state index contributed by atoms with van der Waals surface area (Å²) in [5.41, 5.74) is 2.84. The van der Waals surface area contributed by atoms with E-state index in [9.17, 15) is 14.4 Å². The Balaban J connectivity index is 1.74. The summed E-state index contributed by atoms with van der Waals surface area (Å²) >= 11 is 0. The Labute approximate surface area is 177 Å². The third-order valence-electron chi connectivity index (χ3n) is 5.56. The minimum atomic E-state index is -3.92. The minimum Gasteiger partial charge on any atom is -0.492 e. The van der Waals surface area contributed by atoms with Crippen molar-refractivity contribution in [3.05, 3.63) is 48.4 Å². The SMILES string of the molecule is C=C(OCC)c1ncn(-c2ccc(C3CCC(CP(=O)(O)O)CC3)cc2)c1N=CC. The first-order chi connectivity index (χ1) is 14.3. The number of nitrogens with zero attached hydrogens (tertiary/aromatic N) is 3. The maximum atomic E-state index is 11.2. The molecule has 3 rings (SSSR count). The molecular formula is C22H30N3O4P. The zero-order valence-corrected chi connectivity index (χ0v) is 18.5. The van der Waals surface area contributed by atoms with Crippen molar-refractivity contribution >= 4 is 25.4 Å². The number of aliphatic imine (C=N–C) groups is 1. The Bertz CT molecular complexity index is 938. The number of ether oxygens (including phenoxy) is 1. The van der Waals surface area contributed by atoms with E-state index in [0.717, 1.165) is 31.4 Å². The van der Waals surface area contributed by atoms with Crippen molar-refractivity contribution in [1.29, 1.82) is 0 Å². The second kappa shape index (κ2) is 9.73. The van der Waals surface area contributed by atoms with Crippen LogP contribution in [0.2, 0.25) is 0 Å². The first-order valence-corrected chi connectivity index (χ1v) is 12.1. The summed E-state index contributed by atoms with van der Waals surface area (Å²) in [5.74, 6) is 1.73. The van der Waals surface area contributed by atoms with Crippen LogP contribution in [0.3, 0.4) is 0 Å². The van der Waals surface area contributed by atoms with Crippen molar-refractivity contribution in [3.8, 4) is 5.69 Å². The molecule has 0 bridgehead atoms. The van der Waals surface area contributed by atoms with E-state index in [2.05, 4.69) is 40.8 Å². The van der Waals surface area contributed by atoms with Crippen molar-refractivity contribution in [2.24, 2.45) is 10.9 Å². The molecule has 7 nitrogen and oxygen atoms in total. The van der Waals surface area contributed by atoms with Crippen LogP contribution in [0.15, 0.2) is 42.2 Å².